The molecule has 0 fully saturated rings. The van der Waals surface area contributed by atoms with E-state index >= 15 is 0 Å². The summed E-state index contributed by atoms with van der Waals surface area (Å²) in [5.41, 5.74) is 1.26. The Hall–Kier alpha value is -3.95. The lowest BCUT2D eigenvalue weighted by atomic mass is 10.2. The fourth-order valence-electron chi connectivity index (χ4n) is 2.72. The molecule has 10 heteroatoms. The molecule has 4 rings (SSSR count). The first-order chi connectivity index (χ1) is 13.1. The second kappa shape index (κ2) is 6.41. The maximum Gasteiger partial charge on any atom is 0.343 e. The Labute approximate surface area is 151 Å². The predicted octanol–water partition coefficient (Wildman–Crippen LogP) is 2.00. The first kappa shape index (κ1) is 16.5. The number of hydrogen-bond donors (Lipinski definition) is 0. The van der Waals surface area contributed by atoms with Gasteiger partial charge in [-0.25, -0.2) is 9.31 Å². The van der Waals surface area contributed by atoms with E-state index in [1.54, 1.807) is 31.3 Å². The van der Waals surface area contributed by atoms with Crippen molar-refractivity contribution in [3.63, 3.8) is 0 Å². The Bertz CT molecular complexity index is 1240. The molecule has 0 spiro atoms. The van der Waals surface area contributed by atoms with E-state index in [2.05, 4.69) is 20.5 Å². The number of benzene rings is 1. The van der Waals surface area contributed by atoms with Crippen LogP contribution in [-0.4, -0.2) is 37.0 Å². The molecule has 4 aromatic rings. The molecule has 10 nitrogen and oxygen atoms in total. The summed E-state index contributed by atoms with van der Waals surface area (Å²) >= 11 is 0. The second-order valence-electron chi connectivity index (χ2n) is 5.55. The van der Waals surface area contributed by atoms with Crippen LogP contribution in [0.4, 0.5) is 5.69 Å². The van der Waals surface area contributed by atoms with Crippen molar-refractivity contribution in [1.29, 1.82) is 0 Å². The van der Waals surface area contributed by atoms with Gasteiger partial charge in [0.15, 0.2) is 11.2 Å². The quantitative estimate of drug-likeness (QED) is 0.401. The van der Waals surface area contributed by atoms with Crippen molar-refractivity contribution < 1.29 is 9.53 Å². The zero-order chi connectivity index (χ0) is 19.0. The van der Waals surface area contributed by atoms with Crippen molar-refractivity contribution >= 4 is 28.3 Å². The fourth-order valence-corrected chi connectivity index (χ4v) is 2.72. The predicted molar refractivity (Wildman–Crippen MR) is 95.3 cm³/mol. The van der Waals surface area contributed by atoms with E-state index in [9.17, 15) is 14.5 Å². The van der Waals surface area contributed by atoms with E-state index in [1.165, 1.54) is 27.4 Å². The molecule has 3 aromatic heterocycles. The van der Waals surface area contributed by atoms with Gasteiger partial charge in [-0.05, 0) is 42.4 Å². The largest absolute Gasteiger partial charge is 0.462 e. The summed E-state index contributed by atoms with van der Waals surface area (Å²) < 4.78 is 7.71. The average molecular weight is 364 g/mol. The van der Waals surface area contributed by atoms with E-state index < -0.39 is 11.5 Å². The standard InChI is InChI=1S/C17H12N6O4/c1-2-27-17(25)12-9-18-23-13-7-8-22(11-5-3-10(21-26)4-6-11)16(24)14(13)19-20-15(12)23/h3-9H,2H2,1H3. The first-order valence-corrected chi connectivity index (χ1v) is 8.00. The number of esters is 1. The van der Waals surface area contributed by atoms with Gasteiger partial charge >= 0.3 is 5.97 Å². The number of ether oxygens (including phenoxy) is 1. The zero-order valence-corrected chi connectivity index (χ0v) is 14.1. The molecule has 0 N–H and O–H groups in total. The van der Waals surface area contributed by atoms with Crippen molar-refractivity contribution in [3.8, 4) is 5.69 Å². The van der Waals surface area contributed by atoms with Crippen molar-refractivity contribution in [2.24, 2.45) is 5.18 Å². The molecule has 0 radical (unpaired) electrons. The minimum atomic E-state index is -0.557. The van der Waals surface area contributed by atoms with Crippen LogP contribution in [0, 0.1) is 4.91 Å². The molecular formula is C17H12N6O4. The Morgan fingerprint density at radius 3 is 2.67 bits per heavy atom. The highest BCUT2D eigenvalue weighted by molar-refractivity contribution is 5.96. The molecule has 0 aliphatic rings. The van der Waals surface area contributed by atoms with Crippen molar-refractivity contribution in [1.82, 2.24) is 24.4 Å². The van der Waals surface area contributed by atoms with Crippen LogP contribution in [0.15, 0.2) is 52.7 Å². The summed E-state index contributed by atoms with van der Waals surface area (Å²) in [4.78, 5) is 35.3. The Morgan fingerprint density at radius 1 is 1.19 bits per heavy atom. The van der Waals surface area contributed by atoms with Gasteiger partial charge in [0.25, 0.3) is 5.56 Å². The van der Waals surface area contributed by atoms with E-state index in [0.29, 0.717) is 11.2 Å². The van der Waals surface area contributed by atoms with Crippen LogP contribution < -0.4 is 5.56 Å². The van der Waals surface area contributed by atoms with Crippen LogP contribution in [0.2, 0.25) is 0 Å². The number of rotatable bonds is 4. The van der Waals surface area contributed by atoms with Gasteiger partial charge in [-0.3, -0.25) is 9.36 Å². The highest BCUT2D eigenvalue weighted by Gasteiger charge is 2.18. The lowest BCUT2D eigenvalue weighted by Crippen LogP contribution is -2.20. The van der Waals surface area contributed by atoms with E-state index in [-0.39, 0.29) is 29.0 Å². The number of hydrogen-bond acceptors (Lipinski definition) is 8. The zero-order valence-electron chi connectivity index (χ0n) is 14.1. The highest BCUT2D eigenvalue weighted by Crippen LogP contribution is 2.17. The minimum Gasteiger partial charge on any atom is -0.462 e. The van der Waals surface area contributed by atoms with Gasteiger partial charge in [-0.15, -0.1) is 15.1 Å². The molecule has 0 bridgehead atoms. The van der Waals surface area contributed by atoms with E-state index in [0.717, 1.165) is 0 Å². The molecule has 3 heterocycles. The third-order valence-electron chi connectivity index (χ3n) is 3.99. The van der Waals surface area contributed by atoms with Gasteiger partial charge in [0.1, 0.15) is 16.8 Å². The molecule has 0 aliphatic carbocycles. The number of carbonyl (C=O) groups excluding carboxylic acids is 1. The first-order valence-electron chi connectivity index (χ1n) is 8.00. The van der Waals surface area contributed by atoms with Crippen molar-refractivity contribution in [2.45, 2.75) is 6.92 Å². The number of pyridine rings is 1. The third kappa shape index (κ3) is 2.63. The number of aromatic nitrogens is 5. The molecule has 0 saturated heterocycles. The molecule has 0 unspecified atom stereocenters. The lowest BCUT2D eigenvalue weighted by molar-refractivity contribution is 0.0528. The maximum absolute atomic E-state index is 12.8. The van der Waals surface area contributed by atoms with E-state index in [1.807, 2.05) is 0 Å². The topological polar surface area (TPSA) is 121 Å². The van der Waals surface area contributed by atoms with Gasteiger partial charge in [0.2, 0.25) is 0 Å². The van der Waals surface area contributed by atoms with Crippen LogP contribution in [0.3, 0.4) is 0 Å². The number of fused-ring (bicyclic) bond motifs is 3. The monoisotopic (exact) mass is 364 g/mol. The number of nitroso groups, excluding NO2 is 1. The third-order valence-corrected chi connectivity index (χ3v) is 3.99. The van der Waals surface area contributed by atoms with Crippen molar-refractivity contribution in [3.05, 3.63) is 63.5 Å². The Morgan fingerprint density at radius 2 is 1.96 bits per heavy atom. The normalized spacial score (nSPS) is 11.0. The van der Waals surface area contributed by atoms with Crippen LogP contribution in [0.25, 0.3) is 22.4 Å². The molecule has 27 heavy (non-hydrogen) atoms. The number of carbonyl (C=O) groups is 1. The molecule has 0 atom stereocenters. The Kier molecular flexibility index (Phi) is 3.92. The summed E-state index contributed by atoms with van der Waals surface area (Å²) in [7, 11) is 0. The minimum absolute atomic E-state index is 0.0843. The van der Waals surface area contributed by atoms with Gasteiger partial charge in [-0.2, -0.15) is 5.10 Å². The second-order valence-corrected chi connectivity index (χ2v) is 5.55. The van der Waals surface area contributed by atoms with Crippen LogP contribution in [0.1, 0.15) is 17.3 Å². The maximum atomic E-state index is 12.8. The molecule has 1 aromatic carbocycles. The lowest BCUT2D eigenvalue weighted by Gasteiger charge is -2.07. The average Bonchev–Trinajstić information content (AvgIpc) is 3.13. The Balaban J connectivity index is 1.89. The van der Waals surface area contributed by atoms with E-state index in [4.69, 9.17) is 4.74 Å². The van der Waals surface area contributed by atoms with Gasteiger partial charge in [0.05, 0.1) is 12.8 Å². The molecule has 0 amide bonds. The summed E-state index contributed by atoms with van der Waals surface area (Å²) in [6.45, 7) is 1.92. The van der Waals surface area contributed by atoms with Gasteiger partial charge in [-0.1, -0.05) is 0 Å². The van der Waals surface area contributed by atoms with Crippen LogP contribution >= 0.6 is 0 Å². The summed E-state index contributed by atoms with van der Waals surface area (Å²) in [6, 6.07) is 7.86. The molecule has 134 valence electrons. The van der Waals surface area contributed by atoms with Crippen molar-refractivity contribution in [2.75, 3.05) is 6.61 Å². The van der Waals surface area contributed by atoms with Crippen LogP contribution in [0.5, 0.6) is 0 Å². The van der Waals surface area contributed by atoms with Gasteiger partial charge in [0, 0.05) is 11.9 Å². The highest BCUT2D eigenvalue weighted by atomic mass is 16.5. The molecule has 0 saturated carbocycles. The molecule has 0 aliphatic heterocycles. The SMILES string of the molecule is CCOC(=O)c1cnn2c1nnc1c(=O)n(-c3ccc(N=O)cc3)ccc12. The summed E-state index contributed by atoms with van der Waals surface area (Å²) in [5.74, 6) is -0.557. The molecular weight excluding hydrogens is 352 g/mol. The van der Waals surface area contributed by atoms with Crippen LogP contribution in [-0.2, 0) is 4.74 Å². The number of nitrogens with zero attached hydrogens (tertiary/aromatic N) is 6. The fraction of sp³-hybridized carbons (Fsp3) is 0.118. The summed E-state index contributed by atoms with van der Waals surface area (Å²) in [6.07, 6.45) is 2.89. The summed E-state index contributed by atoms with van der Waals surface area (Å²) in [5, 5.41) is 14.9. The van der Waals surface area contributed by atoms with Gasteiger partial charge < -0.3 is 4.74 Å². The smallest absolute Gasteiger partial charge is 0.343 e.